The molecule has 0 fully saturated rings. The van der Waals surface area contributed by atoms with Crippen LogP contribution in [-0.2, 0) is 12.8 Å². The number of aromatic amines is 1. The molecule has 0 saturated carbocycles. The van der Waals surface area contributed by atoms with E-state index in [-0.39, 0.29) is 17.6 Å². The molecule has 2 heterocycles. The van der Waals surface area contributed by atoms with Gasteiger partial charge in [-0.25, -0.2) is 0 Å². The van der Waals surface area contributed by atoms with Crippen LogP contribution in [0.5, 0.6) is 0 Å². The van der Waals surface area contributed by atoms with Gasteiger partial charge in [0.2, 0.25) is 0 Å². The van der Waals surface area contributed by atoms with E-state index in [0.717, 1.165) is 36.9 Å². The average Bonchev–Trinajstić information content (AvgIpc) is 3.15. The topological polar surface area (TPSA) is 109 Å². The van der Waals surface area contributed by atoms with Gasteiger partial charge in [-0.3, -0.25) is 9.89 Å². The van der Waals surface area contributed by atoms with Gasteiger partial charge < -0.3 is 11.1 Å². The number of nitrogens with zero attached hydrogens (tertiary/aromatic N) is 3. The van der Waals surface area contributed by atoms with E-state index in [9.17, 15) is 4.79 Å². The SMILES string of the molecule is C#CCCC1(CCNC(=O)c2n[nH]c3c2CCC(N)C3)N=N1. The Morgan fingerprint density at radius 3 is 3.05 bits per heavy atom. The van der Waals surface area contributed by atoms with E-state index in [0.29, 0.717) is 25.1 Å². The second kappa shape index (κ2) is 5.89. The smallest absolute Gasteiger partial charge is 0.272 e. The second-order valence-electron chi connectivity index (χ2n) is 5.92. The van der Waals surface area contributed by atoms with Crippen LogP contribution in [0, 0.1) is 12.3 Å². The van der Waals surface area contributed by atoms with Gasteiger partial charge in [0.25, 0.3) is 5.91 Å². The van der Waals surface area contributed by atoms with Crippen LogP contribution in [0.4, 0.5) is 0 Å². The monoisotopic (exact) mass is 300 g/mol. The minimum absolute atomic E-state index is 0.151. The summed E-state index contributed by atoms with van der Waals surface area (Å²) >= 11 is 0. The largest absolute Gasteiger partial charge is 0.350 e. The van der Waals surface area contributed by atoms with Gasteiger partial charge in [0, 0.05) is 49.5 Å². The number of carbonyl (C=O) groups excluding carboxylic acids is 1. The molecule has 4 N–H and O–H groups in total. The van der Waals surface area contributed by atoms with Crippen LogP contribution in [-0.4, -0.2) is 34.4 Å². The number of nitrogens with one attached hydrogen (secondary N) is 2. The lowest BCUT2D eigenvalue weighted by atomic mass is 9.92. The lowest BCUT2D eigenvalue weighted by molar-refractivity contribution is 0.0945. The zero-order valence-corrected chi connectivity index (χ0v) is 12.4. The molecule has 7 nitrogen and oxygen atoms in total. The molecule has 0 radical (unpaired) electrons. The molecule has 116 valence electrons. The molecule has 1 unspecified atom stereocenters. The Labute approximate surface area is 129 Å². The molecule has 0 aromatic carbocycles. The summed E-state index contributed by atoms with van der Waals surface area (Å²) in [7, 11) is 0. The molecule has 1 aliphatic carbocycles. The number of hydrogen-bond donors (Lipinski definition) is 3. The first-order valence-corrected chi connectivity index (χ1v) is 7.61. The van der Waals surface area contributed by atoms with E-state index >= 15 is 0 Å². The highest BCUT2D eigenvalue weighted by Crippen LogP contribution is 2.36. The Hall–Kier alpha value is -2.20. The lowest BCUT2D eigenvalue weighted by Gasteiger charge is -2.17. The highest BCUT2D eigenvalue weighted by molar-refractivity contribution is 5.94. The normalized spacial score (nSPS) is 21.0. The Balaban J connectivity index is 1.52. The van der Waals surface area contributed by atoms with E-state index in [2.05, 4.69) is 31.7 Å². The van der Waals surface area contributed by atoms with Crippen LogP contribution in [0.25, 0.3) is 0 Å². The predicted octanol–water partition coefficient (Wildman–Crippen LogP) is 0.921. The van der Waals surface area contributed by atoms with Crippen LogP contribution < -0.4 is 11.1 Å². The summed E-state index contributed by atoms with van der Waals surface area (Å²) in [5.41, 5.74) is 8.04. The number of rotatable bonds is 6. The number of H-pyrrole nitrogens is 1. The van der Waals surface area contributed by atoms with Gasteiger partial charge >= 0.3 is 0 Å². The van der Waals surface area contributed by atoms with Gasteiger partial charge in [-0.2, -0.15) is 15.3 Å². The maximum Gasteiger partial charge on any atom is 0.272 e. The summed E-state index contributed by atoms with van der Waals surface area (Å²) in [4.78, 5) is 12.3. The number of amides is 1. The van der Waals surface area contributed by atoms with Crippen LogP contribution in [0.2, 0.25) is 0 Å². The third-order valence-corrected chi connectivity index (χ3v) is 4.26. The van der Waals surface area contributed by atoms with Crippen LogP contribution in [0.1, 0.15) is 47.4 Å². The quantitative estimate of drug-likeness (QED) is 0.680. The van der Waals surface area contributed by atoms with Crippen molar-refractivity contribution in [3.05, 3.63) is 17.0 Å². The summed E-state index contributed by atoms with van der Waals surface area (Å²) in [6.07, 6.45) is 9.77. The number of carbonyl (C=O) groups is 1. The molecule has 2 aliphatic rings. The fourth-order valence-electron chi connectivity index (χ4n) is 2.85. The van der Waals surface area contributed by atoms with Crippen molar-refractivity contribution in [3.8, 4) is 12.3 Å². The zero-order chi connectivity index (χ0) is 15.6. The fourth-order valence-corrected chi connectivity index (χ4v) is 2.85. The van der Waals surface area contributed by atoms with E-state index in [1.165, 1.54) is 0 Å². The van der Waals surface area contributed by atoms with Crippen molar-refractivity contribution in [1.29, 1.82) is 0 Å². The van der Waals surface area contributed by atoms with Gasteiger partial charge in [-0.1, -0.05) is 0 Å². The van der Waals surface area contributed by atoms with Crippen LogP contribution in [0.3, 0.4) is 0 Å². The molecule has 0 saturated heterocycles. The molecule has 1 aromatic heterocycles. The zero-order valence-electron chi connectivity index (χ0n) is 12.4. The number of hydrogen-bond acceptors (Lipinski definition) is 5. The Kier molecular flexibility index (Phi) is 3.94. The molecule has 1 aliphatic heterocycles. The Morgan fingerprint density at radius 2 is 2.32 bits per heavy atom. The van der Waals surface area contributed by atoms with Crippen molar-refractivity contribution in [2.75, 3.05) is 6.54 Å². The van der Waals surface area contributed by atoms with Gasteiger partial charge in [0.15, 0.2) is 11.4 Å². The van der Waals surface area contributed by atoms with E-state index in [1.54, 1.807) is 0 Å². The molecular formula is C15H20N6O. The highest BCUT2D eigenvalue weighted by atomic mass is 16.1. The first-order chi connectivity index (χ1) is 10.6. The van der Waals surface area contributed by atoms with Crippen molar-refractivity contribution in [2.24, 2.45) is 16.0 Å². The summed E-state index contributed by atoms with van der Waals surface area (Å²) in [5.74, 6) is 2.44. The molecule has 7 heteroatoms. The van der Waals surface area contributed by atoms with E-state index in [1.807, 2.05) is 0 Å². The van der Waals surface area contributed by atoms with Crippen LogP contribution in [0.15, 0.2) is 10.2 Å². The number of aromatic nitrogens is 2. The van der Waals surface area contributed by atoms with Gasteiger partial charge in [-0.05, 0) is 12.8 Å². The maximum atomic E-state index is 12.3. The Bertz CT molecular complexity index is 635. The Morgan fingerprint density at radius 1 is 1.50 bits per heavy atom. The summed E-state index contributed by atoms with van der Waals surface area (Å²) in [6.45, 7) is 0.511. The first-order valence-electron chi connectivity index (χ1n) is 7.61. The minimum Gasteiger partial charge on any atom is -0.350 e. The standard InChI is InChI=1S/C15H20N6O/c1-2-3-6-15(20-21-15)7-8-17-14(22)13-11-5-4-10(16)9-12(11)18-19-13/h1,10H,3-9,16H2,(H,17,22)(H,18,19). The molecule has 3 rings (SSSR count). The molecule has 0 bridgehead atoms. The molecule has 1 aromatic rings. The van der Waals surface area contributed by atoms with Gasteiger partial charge in [0.05, 0.1) is 0 Å². The van der Waals surface area contributed by atoms with Crippen molar-refractivity contribution >= 4 is 5.91 Å². The second-order valence-corrected chi connectivity index (χ2v) is 5.92. The average molecular weight is 300 g/mol. The van der Waals surface area contributed by atoms with Crippen molar-refractivity contribution in [1.82, 2.24) is 15.5 Å². The number of nitrogens with two attached hydrogens (primary N) is 1. The molecule has 0 spiro atoms. The third-order valence-electron chi connectivity index (χ3n) is 4.26. The number of terminal acetylenes is 1. The van der Waals surface area contributed by atoms with Crippen molar-refractivity contribution < 1.29 is 4.79 Å². The van der Waals surface area contributed by atoms with Crippen molar-refractivity contribution in [2.45, 2.75) is 50.2 Å². The highest BCUT2D eigenvalue weighted by Gasteiger charge is 2.38. The molecule has 1 amide bonds. The minimum atomic E-state index is -0.364. The van der Waals surface area contributed by atoms with Crippen molar-refractivity contribution in [3.63, 3.8) is 0 Å². The van der Waals surface area contributed by atoms with E-state index in [4.69, 9.17) is 12.2 Å². The molecule has 1 atom stereocenters. The number of fused-ring (bicyclic) bond motifs is 1. The van der Waals surface area contributed by atoms with Gasteiger partial charge in [-0.15, -0.1) is 12.3 Å². The summed E-state index contributed by atoms with van der Waals surface area (Å²) in [5, 5.41) is 18.1. The van der Waals surface area contributed by atoms with Crippen LogP contribution >= 0.6 is 0 Å². The fraction of sp³-hybridized carbons (Fsp3) is 0.600. The summed E-state index contributed by atoms with van der Waals surface area (Å²) in [6, 6.07) is 0.151. The van der Waals surface area contributed by atoms with Gasteiger partial charge in [0.1, 0.15) is 0 Å². The third kappa shape index (κ3) is 3.02. The molecule has 22 heavy (non-hydrogen) atoms. The predicted molar refractivity (Wildman–Crippen MR) is 81.2 cm³/mol. The molecular weight excluding hydrogens is 280 g/mol. The van der Waals surface area contributed by atoms with E-state index < -0.39 is 0 Å². The lowest BCUT2D eigenvalue weighted by Crippen LogP contribution is -2.31. The first kappa shape index (κ1) is 14.7. The summed E-state index contributed by atoms with van der Waals surface area (Å²) < 4.78 is 0. The maximum absolute atomic E-state index is 12.3.